The monoisotopic (exact) mass is 310 g/mol. The summed E-state index contributed by atoms with van der Waals surface area (Å²) in [5, 5.41) is 6.35. The van der Waals surface area contributed by atoms with Crippen molar-refractivity contribution in [2.45, 2.75) is 24.9 Å². The molecule has 0 aromatic heterocycles. The summed E-state index contributed by atoms with van der Waals surface area (Å²) < 4.78 is 6.31. The average Bonchev–Trinajstić information content (AvgIpc) is 2.66. The number of hydrogen-bond donors (Lipinski definition) is 2. The summed E-state index contributed by atoms with van der Waals surface area (Å²) in [4.78, 5) is 12.0. The van der Waals surface area contributed by atoms with E-state index in [4.69, 9.17) is 4.74 Å². The Hall–Kier alpha value is -0.910. The zero-order valence-electron chi connectivity index (χ0n) is 9.91. The van der Waals surface area contributed by atoms with Gasteiger partial charge in [-0.3, -0.25) is 10.1 Å². The van der Waals surface area contributed by atoms with Gasteiger partial charge in [-0.05, 0) is 25.0 Å². The minimum atomic E-state index is -0.226. The van der Waals surface area contributed by atoms with Gasteiger partial charge in [-0.1, -0.05) is 22.0 Å². The number of halogens is 1. The van der Waals surface area contributed by atoms with Crippen molar-refractivity contribution < 1.29 is 9.53 Å². The molecule has 0 radical (unpaired) electrons. The van der Waals surface area contributed by atoms with Crippen LogP contribution < -0.4 is 10.6 Å². The summed E-state index contributed by atoms with van der Waals surface area (Å²) in [5.74, 6) is 0.0367. The van der Waals surface area contributed by atoms with E-state index in [2.05, 4.69) is 26.6 Å². The SMILES string of the molecule is O=C1Nc2cc(Br)ccc2C1NC1CCOCC1. The molecular formula is C13H15BrN2O2. The van der Waals surface area contributed by atoms with Crippen LogP contribution in [0.5, 0.6) is 0 Å². The lowest BCUT2D eigenvalue weighted by Crippen LogP contribution is -2.39. The topological polar surface area (TPSA) is 50.4 Å². The van der Waals surface area contributed by atoms with E-state index in [1.54, 1.807) is 0 Å². The van der Waals surface area contributed by atoms with Crippen molar-refractivity contribution in [1.82, 2.24) is 5.32 Å². The molecule has 0 aliphatic carbocycles. The first-order valence-corrected chi connectivity index (χ1v) is 6.97. The number of nitrogens with one attached hydrogen (secondary N) is 2. The van der Waals surface area contributed by atoms with E-state index in [0.29, 0.717) is 6.04 Å². The number of amides is 1. The zero-order chi connectivity index (χ0) is 12.5. The minimum absolute atomic E-state index is 0.0367. The summed E-state index contributed by atoms with van der Waals surface area (Å²) in [6.45, 7) is 1.55. The fraction of sp³-hybridized carbons (Fsp3) is 0.462. The fourth-order valence-electron chi connectivity index (χ4n) is 2.50. The predicted molar refractivity (Wildman–Crippen MR) is 72.5 cm³/mol. The molecule has 3 rings (SSSR count). The van der Waals surface area contributed by atoms with E-state index in [9.17, 15) is 4.79 Å². The molecule has 0 spiro atoms. The highest BCUT2D eigenvalue weighted by Gasteiger charge is 2.32. The summed E-state index contributed by atoms with van der Waals surface area (Å²) in [6, 6.07) is 6.05. The Kier molecular flexibility index (Phi) is 3.37. The van der Waals surface area contributed by atoms with Crippen LogP contribution >= 0.6 is 15.9 Å². The Morgan fingerprint density at radius 1 is 1.33 bits per heavy atom. The summed E-state index contributed by atoms with van der Waals surface area (Å²) in [5.41, 5.74) is 1.94. The van der Waals surface area contributed by atoms with Crippen molar-refractivity contribution in [3.05, 3.63) is 28.2 Å². The maximum Gasteiger partial charge on any atom is 0.246 e. The van der Waals surface area contributed by atoms with Crippen LogP contribution in [0.1, 0.15) is 24.4 Å². The minimum Gasteiger partial charge on any atom is -0.381 e. The Morgan fingerprint density at radius 2 is 2.11 bits per heavy atom. The molecular weight excluding hydrogens is 296 g/mol. The van der Waals surface area contributed by atoms with Crippen LogP contribution in [0.2, 0.25) is 0 Å². The maximum absolute atomic E-state index is 12.0. The van der Waals surface area contributed by atoms with E-state index in [1.165, 1.54) is 0 Å². The Labute approximate surface area is 114 Å². The molecule has 1 aromatic carbocycles. The Balaban J connectivity index is 1.78. The molecule has 0 saturated carbocycles. The molecule has 1 saturated heterocycles. The highest BCUT2D eigenvalue weighted by atomic mass is 79.9. The van der Waals surface area contributed by atoms with E-state index >= 15 is 0 Å². The predicted octanol–water partition coefficient (Wildman–Crippen LogP) is 2.21. The average molecular weight is 311 g/mol. The third kappa shape index (κ3) is 2.30. The van der Waals surface area contributed by atoms with E-state index < -0.39 is 0 Å². The van der Waals surface area contributed by atoms with Crippen molar-refractivity contribution in [2.24, 2.45) is 0 Å². The van der Waals surface area contributed by atoms with Gasteiger partial charge in [0, 0.05) is 35.0 Å². The number of fused-ring (bicyclic) bond motifs is 1. The van der Waals surface area contributed by atoms with Crippen LogP contribution in [0.3, 0.4) is 0 Å². The lowest BCUT2D eigenvalue weighted by molar-refractivity contribution is -0.118. The number of anilines is 1. The Bertz CT molecular complexity index is 472. The summed E-state index contributed by atoms with van der Waals surface area (Å²) in [6.07, 6.45) is 1.94. The number of rotatable bonds is 2. The number of benzene rings is 1. The van der Waals surface area contributed by atoms with Gasteiger partial charge < -0.3 is 10.1 Å². The molecule has 1 amide bonds. The molecule has 4 nitrogen and oxygen atoms in total. The molecule has 1 fully saturated rings. The van der Waals surface area contributed by atoms with Crippen LogP contribution in [-0.2, 0) is 9.53 Å². The molecule has 1 atom stereocenters. The van der Waals surface area contributed by atoms with Gasteiger partial charge in [0.2, 0.25) is 5.91 Å². The molecule has 0 bridgehead atoms. The summed E-state index contributed by atoms with van der Waals surface area (Å²) in [7, 11) is 0. The number of hydrogen-bond acceptors (Lipinski definition) is 3. The van der Waals surface area contributed by atoms with Gasteiger partial charge in [-0.25, -0.2) is 0 Å². The van der Waals surface area contributed by atoms with Crippen LogP contribution in [0.4, 0.5) is 5.69 Å². The van der Waals surface area contributed by atoms with Crippen molar-refractivity contribution in [3.8, 4) is 0 Å². The molecule has 1 unspecified atom stereocenters. The smallest absolute Gasteiger partial charge is 0.246 e. The van der Waals surface area contributed by atoms with Crippen LogP contribution in [0.15, 0.2) is 22.7 Å². The molecule has 2 aliphatic rings. The second-order valence-electron chi connectivity index (χ2n) is 4.71. The second kappa shape index (κ2) is 4.99. The third-order valence-electron chi connectivity index (χ3n) is 3.47. The van der Waals surface area contributed by atoms with E-state index in [0.717, 1.165) is 41.8 Å². The summed E-state index contributed by atoms with van der Waals surface area (Å²) >= 11 is 3.42. The standard InChI is InChI=1S/C13H15BrN2O2/c14-8-1-2-10-11(7-8)16-13(17)12(10)15-9-3-5-18-6-4-9/h1-2,7,9,12,15H,3-6H2,(H,16,17). The largest absolute Gasteiger partial charge is 0.381 e. The first-order valence-electron chi connectivity index (χ1n) is 6.18. The van der Waals surface area contributed by atoms with Gasteiger partial charge in [0.1, 0.15) is 6.04 Å². The van der Waals surface area contributed by atoms with Gasteiger partial charge >= 0.3 is 0 Å². The lowest BCUT2D eigenvalue weighted by atomic mass is 10.0. The van der Waals surface area contributed by atoms with E-state index in [1.807, 2.05) is 18.2 Å². The highest BCUT2D eigenvalue weighted by Crippen LogP contribution is 2.33. The molecule has 2 heterocycles. The molecule has 96 valence electrons. The van der Waals surface area contributed by atoms with Crippen LogP contribution in [0, 0.1) is 0 Å². The van der Waals surface area contributed by atoms with Gasteiger partial charge in [0.25, 0.3) is 0 Å². The van der Waals surface area contributed by atoms with Crippen molar-refractivity contribution in [2.75, 3.05) is 18.5 Å². The van der Waals surface area contributed by atoms with Crippen molar-refractivity contribution in [1.29, 1.82) is 0 Å². The van der Waals surface area contributed by atoms with Gasteiger partial charge in [-0.2, -0.15) is 0 Å². The first kappa shape index (κ1) is 12.1. The second-order valence-corrected chi connectivity index (χ2v) is 5.62. The lowest BCUT2D eigenvalue weighted by Gasteiger charge is -2.25. The Morgan fingerprint density at radius 3 is 2.89 bits per heavy atom. The number of carbonyl (C=O) groups excluding carboxylic acids is 1. The molecule has 1 aromatic rings. The molecule has 2 aliphatic heterocycles. The van der Waals surface area contributed by atoms with Gasteiger partial charge in [0.15, 0.2) is 0 Å². The zero-order valence-corrected chi connectivity index (χ0v) is 11.5. The normalized spacial score (nSPS) is 23.8. The van der Waals surface area contributed by atoms with Crippen molar-refractivity contribution >= 4 is 27.5 Å². The molecule has 18 heavy (non-hydrogen) atoms. The fourth-order valence-corrected chi connectivity index (χ4v) is 2.86. The first-order chi connectivity index (χ1) is 8.74. The number of ether oxygens (including phenoxy) is 1. The van der Waals surface area contributed by atoms with Gasteiger partial charge in [0.05, 0.1) is 0 Å². The van der Waals surface area contributed by atoms with E-state index in [-0.39, 0.29) is 11.9 Å². The molecule has 5 heteroatoms. The third-order valence-corrected chi connectivity index (χ3v) is 3.96. The van der Waals surface area contributed by atoms with Crippen LogP contribution in [-0.4, -0.2) is 25.2 Å². The van der Waals surface area contributed by atoms with Crippen LogP contribution in [0.25, 0.3) is 0 Å². The number of carbonyl (C=O) groups is 1. The van der Waals surface area contributed by atoms with Crippen molar-refractivity contribution in [3.63, 3.8) is 0 Å². The molecule has 2 N–H and O–H groups in total. The highest BCUT2D eigenvalue weighted by molar-refractivity contribution is 9.10. The quantitative estimate of drug-likeness (QED) is 0.880. The maximum atomic E-state index is 12.0. The van der Waals surface area contributed by atoms with Gasteiger partial charge in [-0.15, -0.1) is 0 Å².